The molecule has 4 aliphatic rings. The summed E-state index contributed by atoms with van der Waals surface area (Å²) in [5, 5.41) is 4.48. The molecule has 4 aromatic rings. The minimum absolute atomic E-state index is 0.202. The average Bonchev–Trinajstić information content (AvgIpc) is 3.24. The Labute approximate surface area is 226 Å². The fourth-order valence-corrected chi connectivity index (χ4v) is 6.92. The monoisotopic (exact) mass is 511 g/mol. The Morgan fingerprint density at radius 3 is 2.13 bits per heavy atom. The number of amides is 3. The van der Waals surface area contributed by atoms with Gasteiger partial charge in [-0.2, -0.15) is 5.10 Å². The predicted octanol–water partition coefficient (Wildman–Crippen LogP) is 4.96. The van der Waals surface area contributed by atoms with Crippen LogP contribution in [-0.4, -0.2) is 23.9 Å². The molecule has 1 N–H and O–H groups in total. The molecule has 1 fully saturated rings. The molecule has 6 heteroatoms. The van der Waals surface area contributed by atoms with Crippen molar-refractivity contribution in [1.82, 2.24) is 5.43 Å². The van der Waals surface area contributed by atoms with Crippen LogP contribution in [0.2, 0.25) is 0 Å². The Morgan fingerprint density at radius 1 is 0.821 bits per heavy atom. The van der Waals surface area contributed by atoms with Crippen LogP contribution in [0.25, 0.3) is 0 Å². The molecular weight excluding hydrogens is 486 g/mol. The number of nitrogens with one attached hydrogen (secondary N) is 1. The lowest BCUT2D eigenvalue weighted by Crippen LogP contribution is -2.54. The second kappa shape index (κ2) is 8.60. The molecule has 4 aromatic carbocycles. The Bertz CT molecular complexity index is 1650. The van der Waals surface area contributed by atoms with Crippen LogP contribution >= 0.6 is 0 Å². The van der Waals surface area contributed by atoms with Gasteiger partial charge in [0.15, 0.2) is 0 Å². The van der Waals surface area contributed by atoms with Gasteiger partial charge in [-0.05, 0) is 53.4 Å². The second-order valence-corrected chi connectivity index (χ2v) is 10.4. The molecule has 0 spiro atoms. The van der Waals surface area contributed by atoms with E-state index in [1.54, 1.807) is 30.5 Å². The average molecular weight is 512 g/mol. The van der Waals surface area contributed by atoms with Crippen molar-refractivity contribution >= 4 is 29.6 Å². The number of nitrogens with zero attached hydrogens (tertiary/aromatic N) is 2. The molecule has 39 heavy (non-hydrogen) atoms. The summed E-state index contributed by atoms with van der Waals surface area (Å²) in [6.07, 6.45) is 1.69. The van der Waals surface area contributed by atoms with Gasteiger partial charge in [0, 0.05) is 17.7 Å². The fourth-order valence-electron chi connectivity index (χ4n) is 6.92. The van der Waals surface area contributed by atoms with Gasteiger partial charge in [0.1, 0.15) is 0 Å². The number of hydrazone groups is 1. The van der Waals surface area contributed by atoms with Gasteiger partial charge < -0.3 is 0 Å². The van der Waals surface area contributed by atoms with Gasteiger partial charge in [-0.25, -0.2) is 10.3 Å². The largest absolute Gasteiger partial charge is 0.274 e. The molecular formula is C33H25N3O3. The van der Waals surface area contributed by atoms with Gasteiger partial charge in [0.05, 0.1) is 22.9 Å². The summed E-state index contributed by atoms with van der Waals surface area (Å²) in [7, 11) is 0. The highest BCUT2D eigenvalue weighted by atomic mass is 16.2. The van der Waals surface area contributed by atoms with E-state index in [4.69, 9.17) is 0 Å². The summed E-state index contributed by atoms with van der Waals surface area (Å²) < 4.78 is 0. The number of carbonyl (C=O) groups excluding carboxylic acids is 3. The van der Waals surface area contributed by atoms with Gasteiger partial charge in [-0.3, -0.25) is 14.4 Å². The number of anilines is 1. The number of benzene rings is 4. The van der Waals surface area contributed by atoms with E-state index in [1.165, 1.54) is 4.90 Å². The van der Waals surface area contributed by atoms with E-state index in [0.717, 1.165) is 27.8 Å². The molecule has 190 valence electrons. The van der Waals surface area contributed by atoms with Crippen molar-refractivity contribution in [2.24, 2.45) is 16.9 Å². The number of hydrogen-bond acceptors (Lipinski definition) is 4. The molecule has 1 saturated heterocycles. The lowest BCUT2D eigenvalue weighted by molar-refractivity contribution is -0.122. The highest BCUT2D eigenvalue weighted by Gasteiger charge is 2.68. The zero-order valence-electron chi connectivity index (χ0n) is 21.2. The highest BCUT2D eigenvalue weighted by molar-refractivity contribution is 6.25. The van der Waals surface area contributed by atoms with Crippen molar-refractivity contribution in [2.75, 3.05) is 4.90 Å². The van der Waals surface area contributed by atoms with Crippen LogP contribution in [0.3, 0.4) is 0 Å². The standard InChI is InChI=1S/C33H25N3O3/c1-20-10-9-11-21(18-20)30(37)35-34-19-33-25-16-7-5-14-23(25)27(24-15-6-8-17-26(24)33)28-29(33)32(39)36(31(28)38)22-12-3-2-4-13-22/h2-19,27-29H,1H3,(H,35,37)/b34-19-/t27?,28-,29+,33?/m1/s1. The third kappa shape index (κ3) is 3.21. The van der Waals surface area contributed by atoms with Crippen molar-refractivity contribution < 1.29 is 14.4 Å². The van der Waals surface area contributed by atoms with E-state index < -0.39 is 17.3 Å². The van der Waals surface area contributed by atoms with Crippen LogP contribution in [0, 0.1) is 18.8 Å². The molecule has 0 saturated carbocycles. The molecule has 3 aliphatic carbocycles. The minimum Gasteiger partial charge on any atom is -0.274 e. The van der Waals surface area contributed by atoms with Gasteiger partial charge in [0.25, 0.3) is 5.91 Å². The lowest BCUT2D eigenvalue weighted by Gasteiger charge is -2.52. The van der Waals surface area contributed by atoms with Crippen LogP contribution in [0.4, 0.5) is 5.69 Å². The van der Waals surface area contributed by atoms with Gasteiger partial charge in [-0.1, -0.05) is 84.4 Å². The maximum Gasteiger partial charge on any atom is 0.271 e. The highest BCUT2D eigenvalue weighted by Crippen LogP contribution is 2.63. The molecule has 0 radical (unpaired) electrons. The first kappa shape index (κ1) is 23.3. The number of hydrogen-bond donors (Lipinski definition) is 1. The maximum absolute atomic E-state index is 14.3. The Hall–Kier alpha value is -4.84. The van der Waals surface area contributed by atoms with E-state index >= 15 is 0 Å². The molecule has 1 heterocycles. The number of para-hydroxylation sites is 1. The zero-order valence-corrected chi connectivity index (χ0v) is 21.2. The molecule has 2 bridgehead atoms. The van der Waals surface area contributed by atoms with Crippen molar-refractivity contribution in [3.63, 3.8) is 0 Å². The van der Waals surface area contributed by atoms with E-state index in [2.05, 4.69) is 10.5 Å². The van der Waals surface area contributed by atoms with Crippen molar-refractivity contribution in [3.05, 3.63) is 137 Å². The number of aryl methyl sites for hydroxylation is 1. The first-order valence-corrected chi connectivity index (χ1v) is 13.1. The van der Waals surface area contributed by atoms with Crippen LogP contribution < -0.4 is 10.3 Å². The normalized spacial score (nSPS) is 24.4. The van der Waals surface area contributed by atoms with Gasteiger partial charge in [0.2, 0.25) is 11.8 Å². The van der Waals surface area contributed by atoms with E-state index in [-0.39, 0.29) is 23.6 Å². The van der Waals surface area contributed by atoms with Crippen LogP contribution in [0.1, 0.15) is 44.1 Å². The summed E-state index contributed by atoms with van der Waals surface area (Å²) in [5.41, 5.74) is 7.61. The molecule has 2 atom stereocenters. The zero-order chi connectivity index (χ0) is 26.7. The molecule has 0 aromatic heterocycles. The SMILES string of the molecule is Cc1cccc(C(=O)N/N=C\C23c4ccccc4C(c4ccccc42)[C@H]2C(=O)N(c4ccccc4)C(=O)[C@H]23)c1. The smallest absolute Gasteiger partial charge is 0.271 e. The first-order chi connectivity index (χ1) is 19.0. The number of imide groups is 1. The number of carbonyl (C=O) groups is 3. The summed E-state index contributed by atoms with van der Waals surface area (Å²) in [4.78, 5) is 42.7. The lowest BCUT2D eigenvalue weighted by atomic mass is 9.47. The van der Waals surface area contributed by atoms with Gasteiger partial charge >= 0.3 is 0 Å². The molecule has 0 unspecified atom stereocenters. The van der Waals surface area contributed by atoms with E-state index in [9.17, 15) is 14.4 Å². The third-order valence-electron chi connectivity index (χ3n) is 8.41. The second-order valence-electron chi connectivity index (χ2n) is 10.4. The van der Waals surface area contributed by atoms with Crippen molar-refractivity contribution in [2.45, 2.75) is 18.3 Å². The third-order valence-corrected chi connectivity index (χ3v) is 8.41. The summed E-state index contributed by atoms with van der Waals surface area (Å²) in [5.74, 6) is -2.31. The Morgan fingerprint density at radius 2 is 1.46 bits per heavy atom. The van der Waals surface area contributed by atoms with Crippen molar-refractivity contribution in [1.29, 1.82) is 0 Å². The summed E-state index contributed by atoms with van der Waals surface area (Å²) in [6.45, 7) is 1.93. The van der Waals surface area contributed by atoms with E-state index in [0.29, 0.717) is 11.3 Å². The molecule has 3 amide bonds. The fraction of sp³-hybridized carbons (Fsp3) is 0.152. The first-order valence-electron chi connectivity index (χ1n) is 13.1. The van der Waals surface area contributed by atoms with Crippen LogP contribution in [0.5, 0.6) is 0 Å². The molecule has 6 nitrogen and oxygen atoms in total. The number of rotatable bonds is 4. The summed E-state index contributed by atoms with van der Waals surface area (Å²) >= 11 is 0. The topological polar surface area (TPSA) is 78.8 Å². The summed E-state index contributed by atoms with van der Waals surface area (Å²) in [6, 6.07) is 32.4. The predicted molar refractivity (Wildman–Crippen MR) is 149 cm³/mol. The van der Waals surface area contributed by atoms with Crippen molar-refractivity contribution in [3.8, 4) is 0 Å². The minimum atomic E-state index is -1.03. The Kier molecular flexibility index (Phi) is 5.13. The molecule has 1 aliphatic heterocycles. The van der Waals surface area contributed by atoms with Crippen LogP contribution in [0.15, 0.2) is 108 Å². The van der Waals surface area contributed by atoms with E-state index in [1.807, 2.05) is 85.8 Å². The Balaban J connectivity index is 1.41. The molecule has 8 rings (SSSR count). The van der Waals surface area contributed by atoms with Crippen LogP contribution in [-0.2, 0) is 15.0 Å². The maximum atomic E-state index is 14.3. The quantitative estimate of drug-likeness (QED) is 0.239. The van der Waals surface area contributed by atoms with Gasteiger partial charge in [-0.15, -0.1) is 0 Å².